The van der Waals surface area contributed by atoms with Gasteiger partial charge in [-0.05, 0) is 18.6 Å². The molecule has 0 aliphatic rings. The van der Waals surface area contributed by atoms with E-state index in [1.807, 2.05) is 6.92 Å². The molecule has 0 saturated heterocycles. The monoisotopic (exact) mass is 248 g/mol. The highest BCUT2D eigenvalue weighted by molar-refractivity contribution is 5.21. The van der Waals surface area contributed by atoms with Gasteiger partial charge in [-0.1, -0.05) is 6.92 Å². The lowest BCUT2D eigenvalue weighted by Gasteiger charge is -2.10. The van der Waals surface area contributed by atoms with Gasteiger partial charge in [0, 0.05) is 6.04 Å². The van der Waals surface area contributed by atoms with Gasteiger partial charge >= 0.3 is 6.18 Å². The van der Waals surface area contributed by atoms with E-state index in [-0.39, 0.29) is 6.04 Å². The molecule has 0 amide bonds. The Morgan fingerprint density at radius 3 is 2.59 bits per heavy atom. The third kappa shape index (κ3) is 5.04. The molecule has 1 unspecified atom stereocenters. The molecule has 0 spiro atoms. The van der Waals surface area contributed by atoms with E-state index in [9.17, 15) is 13.2 Å². The molecular formula is C11H15F3N2O. The quantitative estimate of drug-likeness (QED) is 0.871. The second kappa shape index (κ2) is 5.86. The van der Waals surface area contributed by atoms with Crippen molar-refractivity contribution in [2.45, 2.75) is 32.0 Å². The molecule has 17 heavy (non-hydrogen) atoms. The summed E-state index contributed by atoms with van der Waals surface area (Å²) in [5, 5.41) is 0. The number of nitrogens with zero attached hydrogens (tertiary/aromatic N) is 1. The van der Waals surface area contributed by atoms with Gasteiger partial charge in [-0.15, -0.1) is 0 Å². The van der Waals surface area contributed by atoms with Crippen LogP contribution in [0.3, 0.4) is 0 Å². The largest absolute Gasteiger partial charge is 0.492 e. The summed E-state index contributed by atoms with van der Waals surface area (Å²) in [6, 6.07) is 3.09. The number of rotatable bonds is 5. The van der Waals surface area contributed by atoms with Gasteiger partial charge in [-0.2, -0.15) is 13.2 Å². The molecule has 0 aliphatic heterocycles. The molecule has 0 bridgehead atoms. The number of halogens is 3. The maximum absolute atomic E-state index is 11.9. The molecule has 2 N–H and O–H groups in total. The van der Waals surface area contributed by atoms with Gasteiger partial charge in [0.05, 0.1) is 24.9 Å². The fourth-order valence-corrected chi connectivity index (χ4v) is 1.19. The number of pyridine rings is 1. The highest BCUT2D eigenvalue weighted by atomic mass is 19.4. The summed E-state index contributed by atoms with van der Waals surface area (Å²) < 4.78 is 40.5. The molecule has 0 radical (unpaired) electrons. The first-order valence-corrected chi connectivity index (χ1v) is 5.33. The van der Waals surface area contributed by atoms with Crippen molar-refractivity contribution in [2.24, 2.45) is 5.73 Å². The van der Waals surface area contributed by atoms with Gasteiger partial charge in [-0.25, -0.2) is 0 Å². The molecule has 96 valence electrons. The number of hydrogen-bond donors (Lipinski definition) is 1. The summed E-state index contributed by atoms with van der Waals surface area (Å²) >= 11 is 0. The number of aromatic nitrogens is 1. The number of ether oxygens (including phenoxy) is 1. The maximum atomic E-state index is 11.9. The van der Waals surface area contributed by atoms with Crippen molar-refractivity contribution in [1.29, 1.82) is 0 Å². The van der Waals surface area contributed by atoms with Crippen LogP contribution in [0.2, 0.25) is 0 Å². The van der Waals surface area contributed by atoms with Crippen molar-refractivity contribution >= 4 is 0 Å². The van der Waals surface area contributed by atoms with Crippen LogP contribution in [0.1, 0.15) is 31.5 Å². The normalized spacial score (nSPS) is 13.5. The lowest BCUT2D eigenvalue weighted by atomic mass is 10.1. The van der Waals surface area contributed by atoms with E-state index < -0.39 is 19.2 Å². The van der Waals surface area contributed by atoms with Crippen molar-refractivity contribution in [1.82, 2.24) is 4.98 Å². The van der Waals surface area contributed by atoms with E-state index in [2.05, 4.69) is 4.98 Å². The highest BCUT2D eigenvalue weighted by Gasteiger charge is 2.26. The average molecular weight is 248 g/mol. The van der Waals surface area contributed by atoms with Crippen LogP contribution in [0.4, 0.5) is 13.2 Å². The highest BCUT2D eigenvalue weighted by Crippen LogP contribution is 2.20. The first-order chi connectivity index (χ1) is 7.92. The molecule has 1 aromatic rings. The Bertz CT molecular complexity index is 338. The molecular weight excluding hydrogens is 233 g/mol. The molecule has 0 aromatic carbocycles. The lowest BCUT2D eigenvalue weighted by molar-refractivity contribution is -0.139. The van der Waals surface area contributed by atoms with Crippen molar-refractivity contribution in [3.63, 3.8) is 0 Å². The van der Waals surface area contributed by atoms with E-state index in [0.29, 0.717) is 11.4 Å². The Balaban J connectivity index is 2.46. The van der Waals surface area contributed by atoms with Crippen LogP contribution < -0.4 is 10.5 Å². The molecule has 1 atom stereocenters. The van der Waals surface area contributed by atoms with Crippen molar-refractivity contribution in [3.05, 3.63) is 24.0 Å². The summed E-state index contributed by atoms with van der Waals surface area (Å²) in [6.07, 6.45) is -3.02. The predicted octanol–water partition coefficient (Wildman–Crippen LogP) is 2.82. The minimum Gasteiger partial charge on any atom is -0.492 e. The Morgan fingerprint density at radius 1 is 1.41 bits per heavy atom. The third-order valence-electron chi connectivity index (χ3n) is 2.23. The number of hydrogen-bond acceptors (Lipinski definition) is 3. The Hall–Kier alpha value is -1.30. The number of nitrogens with two attached hydrogens (primary N) is 1. The van der Waals surface area contributed by atoms with E-state index >= 15 is 0 Å². The zero-order valence-electron chi connectivity index (χ0n) is 9.50. The number of alkyl halides is 3. The van der Waals surface area contributed by atoms with Gasteiger partial charge in [-0.3, -0.25) is 4.98 Å². The van der Waals surface area contributed by atoms with E-state index in [4.69, 9.17) is 10.5 Å². The first-order valence-electron chi connectivity index (χ1n) is 5.33. The van der Waals surface area contributed by atoms with Crippen LogP contribution >= 0.6 is 0 Å². The molecule has 6 heteroatoms. The molecule has 0 aliphatic carbocycles. The van der Waals surface area contributed by atoms with Crippen LogP contribution in [0, 0.1) is 0 Å². The third-order valence-corrected chi connectivity index (χ3v) is 2.23. The van der Waals surface area contributed by atoms with Gasteiger partial charge in [0.1, 0.15) is 5.75 Å². The van der Waals surface area contributed by atoms with Crippen LogP contribution in [-0.4, -0.2) is 17.8 Å². The fraction of sp³-hybridized carbons (Fsp3) is 0.545. The summed E-state index contributed by atoms with van der Waals surface area (Å²) in [6.45, 7) is 1.53. The lowest BCUT2D eigenvalue weighted by Crippen LogP contribution is -2.13. The van der Waals surface area contributed by atoms with E-state index in [1.54, 1.807) is 12.1 Å². The molecule has 0 fully saturated rings. The molecule has 0 saturated carbocycles. The minimum absolute atomic E-state index is 0.153. The summed E-state index contributed by atoms with van der Waals surface area (Å²) in [5.41, 5.74) is 6.45. The van der Waals surface area contributed by atoms with Gasteiger partial charge in [0.2, 0.25) is 0 Å². The summed E-state index contributed by atoms with van der Waals surface area (Å²) in [5.74, 6) is 0.321. The van der Waals surface area contributed by atoms with E-state index in [1.165, 1.54) is 6.20 Å². The Labute approximate surface area is 97.8 Å². The van der Waals surface area contributed by atoms with Gasteiger partial charge < -0.3 is 10.5 Å². The average Bonchev–Trinajstić information content (AvgIpc) is 2.27. The fourth-order valence-electron chi connectivity index (χ4n) is 1.19. The summed E-state index contributed by atoms with van der Waals surface area (Å²) in [7, 11) is 0. The molecule has 1 rings (SSSR count). The standard InChI is InChI=1S/C11H15F3N2O/c1-2-9(15)10-4-3-8(7-16-10)17-6-5-11(12,13)14/h3-4,7,9H,2,5-6,15H2,1H3. The zero-order valence-corrected chi connectivity index (χ0v) is 9.50. The van der Waals surface area contributed by atoms with Crippen LogP contribution in [0.25, 0.3) is 0 Å². The minimum atomic E-state index is -4.20. The second-order valence-corrected chi connectivity index (χ2v) is 3.65. The Kier molecular flexibility index (Phi) is 4.74. The Morgan fingerprint density at radius 2 is 2.12 bits per heavy atom. The van der Waals surface area contributed by atoms with Crippen molar-refractivity contribution < 1.29 is 17.9 Å². The second-order valence-electron chi connectivity index (χ2n) is 3.65. The first kappa shape index (κ1) is 13.8. The van der Waals surface area contributed by atoms with E-state index in [0.717, 1.165) is 6.42 Å². The zero-order chi connectivity index (χ0) is 12.9. The van der Waals surface area contributed by atoms with Crippen LogP contribution in [0.15, 0.2) is 18.3 Å². The molecule has 1 heterocycles. The van der Waals surface area contributed by atoms with Crippen LogP contribution in [0.5, 0.6) is 5.75 Å². The smallest absolute Gasteiger partial charge is 0.392 e. The van der Waals surface area contributed by atoms with Crippen molar-refractivity contribution in [3.8, 4) is 5.75 Å². The van der Waals surface area contributed by atoms with Gasteiger partial charge in [0.15, 0.2) is 0 Å². The maximum Gasteiger partial charge on any atom is 0.392 e. The van der Waals surface area contributed by atoms with Gasteiger partial charge in [0.25, 0.3) is 0 Å². The topological polar surface area (TPSA) is 48.1 Å². The SMILES string of the molecule is CCC(N)c1ccc(OCCC(F)(F)F)cn1. The van der Waals surface area contributed by atoms with Crippen molar-refractivity contribution in [2.75, 3.05) is 6.61 Å². The predicted molar refractivity (Wildman–Crippen MR) is 57.6 cm³/mol. The molecule has 1 aromatic heterocycles. The molecule has 3 nitrogen and oxygen atoms in total. The summed E-state index contributed by atoms with van der Waals surface area (Å²) in [4.78, 5) is 4.03. The van der Waals surface area contributed by atoms with Crippen LogP contribution in [-0.2, 0) is 0 Å².